The Morgan fingerprint density at radius 2 is 1.25 bits per heavy atom. The summed E-state index contributed by atoms with van der Waals surface area (Å²) in [4.78, 5) is 23.4. The number of rotatable bonds is 0. The molecular weight excluding hydrogens is 200 g/mol. The normalized spacial score (nSPS) is 17.2. The van der Waals surface area contributed by atoms with Crippen LogP contribution >= 0.6 is 0 Å². The van der Waals surface area contributed by atoms with E-state index in [0.717, 1.165) is 11.1 Å². The lowest BCUT2D eigenvalue weighted by Gasteiger charge is -2.15. The highest BCUT2D eigenvalue weighted by Gasteiger charge is 2.19. The summed E-state index contributed by atoms with van der Waals surface area (Å²) in [6.45, 7) is 0. The van der Waals surface area contributed by atoms with E-state index in [9.17, 15) is 9.59 Å². The van der Waals surface area contributed by atoms with Crippen LogP contribution in [0.15, 0.2) is 24.3 Å². The number of hydrogen-bond donors (Lipinski definition) is 0. The Bertz CT molecular complexity index is 515. The van der Waals surface area contributed by atoms with E-state index < -0.39 is 0 Å². The van der Waals surface area contributed by atoms with E-state index in [0.29, 0.717) is 24.0 Å². The summed E-state index contributed by atoms with van der Waals surface area (Å²) < 4.78 is 0. The van der Waals surface area contributed by atoms with Gasteiger partial charge in [0.1, 0.15) is 0 Å². The monoisotopic (exact) mass is 210 g/mol. The van der Waals surface area contributed by atoms with Crippen LogP contribution in [0.25, 0.3) is 12.2 Å². The highest BCUT2D eigenvalue weighted by molar-refractivity contribution is 6.08. The van der Waals surface area contributed by atoms with Gasteiger partial charge in [-0.3, -0.25) is 9.59 Å². The number of allylic oxidation sites excluding steroid dienone is 2. The summed E-state index contributed by atoms with van der Waals surface area (Å²) >= 11 is 0. The predicted octanol–water partition coefficient (Wildman–Crippen LogP) is 2.89. The zero-order chi connectivity index (χ0) is 11.1. The van der Waals surface area contributed by atoms with Gasteiger partial charge in [-0.2, -0.15) is 0 Å². The minimum Gasteiger partial charge on any atom is -0.294 e. The van der Waals surface area contributed by atoms with Crippen molar-refractivity contribution in [2.75, 3.05) is 0 Å². The van der Waals surface area contributed by atoms with Crippen molar-refractivity contribution in [3.8, 4) is 0 Å². The van der Waals surface area contributed by atoms with Crippen LogP contribution < -0.4 is 0 Å². The fraction of sp³-hybridized carbons (Fsp3) is 0.143. The Morgan fingerprint density at radius 1 is 0.750 bits per heavy atom. The third kappa shape index (κ3) is 1.27. The van der Waals surface area contributed by atoms with Crippen molar-refractivity contribution >= 4 is 23.7 Å². The summed E-state index contributed by atoms with van der Waals surface area (Å²) in [5.41, 5.74) is 3.22. The molecule has 0 N–H and O–H groups in total. The lowest BCUT2D eigenvalue weighted by Crippen LogP contribution is -2.10. The molecule has 0 heterocycles. The summed E-state index contributed by atoms with van der Waals surface area (Å²) in [6, 6.07) is 3.67. The van der Waals surface area contributed by atoms with Gasteiger partial charge in [-0.25, -0.2) is 0 Å². The molecule has 16 heavy (non-hydrogen) atoms. The Balaban J connectivity index is 2.28. The summed E-state index contributed by atoms with van der Waals surface area (Å²) in [5, 5.41) is 0. The maximum Gasteiger partial charge on any atom is 0.167 e. The number of carbonyl (C=O) groups excluding carboxylic acids is 2. The van der Waals surface area contributed by atoms with Crippen LogP contribution in [0.1, 0.15) is 44.7 Å². The molecule has 0 atom stereocenters. The summed E-state index contributed by atoms with van der Waals surface area (Å²) in [6.07, 6.45) is 8.51. The molecule has 0 aliphatic heterocycles. The van der Waals surface area contributed by atoms with Crippen molar-refractivity contribution in [3.63, 3.8) is 0 Å². The number of Topliss-reactive ketones (excluding diaryl/α,β-unsaturated/α-hetero) is 2. The van der Waals surface area contributed by atoms with E-state index in [2.05, 4.69) is 0 Å². The number of benzene rings is 1. The van der Waals surface area contributed by atoms with E-state index >= 15 is 0 Å². The SMILES string of the molecule is O=C1CC=Cc2cc3c(cc21)C(=O)CC=C3. The standard InChI is InChI=1S/C14H10O2/c15-13-5-1-3-9-7-10-4-2-6-14(16)12(10)8-11(9)13/h1-4,7-8H,5-6H2. The van der Waals surface area contributed by atoms with Crippen LogP contribution in [0.2, 0.25) is 0 Å². The lowest BCUT2D eigenvalue weighted by atomic mass is 9.87. The number of carbonyl (C=O) groups is 2. The van der Waals surface area contributed by atoms with Gasteiger partial charge < -0.3 is 0 Å². The average Bonchev–Trinajstić information content (AvgIpc) is 2.28. The molecule has 0 bridgehead atoms. The van der Waals surface area contributed by atoms with Crippen LogP contribution in [0, 0.1) is 0 Å². The first-order chi connectivity index (χ1) is 7.75. The highest BCUT2D eigenvalue weighted by Crippen LogP contribution is 2.27. The van der Waals surface area contributed by atoms with Crippen molar-refractivity contribution in [2.45, 2.75) is 12.8 Å². The Hall–Kier alpha value is -1.96. The molecule has 1 aromatic rings. The fourth-order valence-electron chi connectivity index (χ4n) is 2.20. The quantitative estimate of drug-likeness (QED) is 0.659. The first-order valence-electron chi connectivity index (χ1n) is 5.33. The predicted molar refractivity (Wildman–Crippen MR) is 62.4 cm³/mol. The zero-order valence-corrected chi connectivity index (χ0v) is 8.69. The highest BCUT2D eigenvalue weighted by atomic mass is 16.1. The molecule has 0 amide bonds. The average molecular weight is 210 g/mol. The van der Waals surface area contributed by atoms with Gasteiger partial charge in [-0.05, 0) is 23.3 Å². The van der Waals surface area contributed by atoms with Crippen molar-refractivity contribution in [2.24, 2.45) is 0 Å². The lowest BCUT2D eigenvalue weighted by molar-refractivity contribution is 0.0993. The van der Waals surface area contributed by atoms with Gasteiger partial charge in [-0.15, -0.1) is 0 Å². The number of hydrogen-bond acceptors (Lipinski definition) is 2. The van der Waals surface area contributed by atoms with E-state index in [1.165, 1.54) is 0 Å². The summed E-state index contributed by atoms with van der Waals surface area (Å²) in [5.74, 6) is 0.199. The molecule has 0 spiro atoms. The van der Waals surface area contributed by atoms with Gasteiger partial charge in [0.05, 0.1) is 0 Å². The molecular formula is C14H10O2. The third-order valence-corrected chi connectivity index (χ3v) is 3.02. The largest absolute Gasteiger partial charge is 0.294 e. The Labute approximate surface area is 93.3 Å². The van der Waals surface area contributed by atoms with Crippen LogP contribution in [0.5, 0.6) is 0 Å². The van der Waals surface area contributed by atoms with Crippen molar-refractivity contribution in [1.82, 2.24) is 0 Å². The first-order valence-corrected chi connectivity index (χ1v) is 5.33. The van der Waals surface area contributed by atoms with Gasteiger partial charge in [0, 0.05) is 24.0 Å². The second-order valence-electron chi connectivity index (χ2n) is 4.09. The summed E-state index contributed by atoms with van der Waals surface area (Å²) in [7, 11) is 0. The van der Waals surface area contributed by atoms with E-state index in [4.69, 9.17) is 0 Å². The molecule has 0 fully saturated rings. The second kappa shape index (κ2) is 3.27. The van der Waals surface area contributed by atoms with E-state index in [-0.39, 0.29) is 11.6 Å². The van der Waals surface area contributed by atoms with Crippen LogP contribution in [0.3, 0.4) is 0 Å². The van der Waals surface area contributed by atoms with Gasteiger partial charge >= 0.3 is 0 Å². The molecule has 0 unspecified atom stereocenters. The van der Waals surface area contributed by atoms with Crippen LogP contribution in [-0.2, 0) is 0 Å². The maximum atomic E-state index is 11.7. The Kier molecular flexibility index (Phi) is 1.90. The topological polar surface area (TPSA) is 34.1 Å². The maximum absolute atomic E-state index is 11.7. The minimum atomic E-state index is 0.0997. The molecule has 0 aromatic heterocycles. The second-order valence-corrected chi connectivity index (χ2v) is 4.09. The third-order valence-electron chi connectivity index (χ3n) is 3.02. The number of fused-ring (bicyclic) bond motifs is 2. The molecule has 2 aliphatic rings. The molecule has 1 aromatic carbocycles. The zero-order valence-electron chi connectivity index (χ0n) is 8.69. The van der Waals surface area contributed by atoms with Gasteiger partial charge in [0.25, 0.3) is 0 Å². The first kappa shape index (κ1) is 9.28. The Morgan fingerprint density at radius 3 is 1.75 bits per heavy atom. The fourth-order valence-corrected chi connectivity index (χ4v) is 2.20. The molecule has 78 valence electrons. The van der Waals surface area contributed by atoms with Crippen molar-refractivity contribution in [1.29, 1.82) is 0 Å². The van der Waals surface area contributed by atoms with Crippen molar-refractivity contribution in [3.05, 3.63) is 46.5 Å². The molecule has 0 radical (unpaired) electrons. The molecule has 3 rings (SSSR count). The van der Waals surface area contributed by atoms with E-state index in [1.807, 2.05) is 30.4 Å². The van der Waals surface area contributed by atoms with Crippen LogP contribution in [-0.4, -0.2) is 11.6 Å². The smallest absolute Gasteiger partial charge is 0.167 e. The molecule has 0 saturated heterocycles. The molecule has 2 aliphatic carbocycles. The van der Waals surface area contributed by atoms with Gasteiger partial charge in [0.2, 0.25) is 0 Å². The van der Waals surface area contributed by atoms with Crippen molar-refractivity contribution < 1.29 is 9.59 Å². The van der Waals surface area contributed by atoms with Gasteiger partial charge in [0.15, 0.2) is 11.6 Å². The molecule has 0 saturated carbocycles. The number of ketones is 2. The molecule has 2 heteroatoms. The van der Waals surface area contributed by atoms with Gasteiger partial charge in [-0.1, -0.05) is 24.3 Å². The minimum absolute atomic E-state index is 0.0997. The van der Waals surface area contributed by atoms with Crippen LogP contribution in [0.4, 0.5) is 0 Å². The molecule has 2 nitrogen and oxygen atoms in total. The van der Waals surface area contributed by atoms with E-state index in [1.54, 1.807) is 6.07 Å².